The van der Waals surface area contributed by atoms with Crippen molar-refractivity contribution in [3.8, 4) is 17.1 Å². The molecule has 3 aromatic rings. The number of aryl methyl sites for hydroxylation is 1. The maximum Gasteiger partial charge on any atom is 0.302 e. The number of esters is 1. The van der Waals surface area contributed by atoms with E-state index in [-0.39, 0.29) is 29.6 Å². The van der Waals surface area contributed by atoms with E-state index < -0.39 is 18.1 Å². The lowest BCUT2D eigenvalue weighted by Crippen LogP contribution is -2.24. The van der Waals surface area contributed by atoms with Crippen LogP contribution in [0.25, 0.3) is 22.3 Å². The largest absolute Gasteiger partial charge is 0.461 e. The van der Waals surface area contributed by atoms with Crippen LogP contribution >= 0.6 is 0 Å². The van der Waals surface area contributed by atoms with Crippen LogP contribution in [0.5, 0.6) is 5.75 Å². The van der Waals surface area contributed by atoms with Crippen molar-refractivity contribution in [2.75, 3.05) is 0 Å². The van der Waals surface area contributed by atoms with Crippen molar-refractivity contribution in [3.05, 3.63) is 56.1 Å². The summed E-state index contributed by atoms with van der Waals surface area (Å²) < 4.78 is 34.3. The van der Waals surface area contributed by atoms with Crippen LogP contribution in [-0.2, 0) is 29.1 Å². The molecule has 1 aromatic carbocycles. The molecule has 0 saturated carbocycles. The zero-order chi connectivity index (χ0) is 22.0. The second-order valence-corrected chi connectivity index (χ2v) is 8.27. The third-order valence-corrected chi connectivity index (χ3v) is 6.49. The van der Waals surface area contributed by atoms with Crippen LogP contribution in [0.3, 0.4) is 0 Å². The van der Waals surface area contributed by atoms with Gasteiger partial charge < -0.3 is 9.30 Å². The Kier molecular flexibility index (Phi) is 4.35. The number of hydrogen-bond donors (Lipinski definition) is 0. The highest BCUT2D eigenvalue weighted by molar-refractivity contribution is 5.93. The molecule has 0 unspecified atom stereocenters. The molecule has 0 bridgehead atoms. The van der Waals surface area contributed by atoms with Gasteiger partial charge >= 0.3 is 5.97 Å². The van der Waals surface area contributed by atoms with Crippen LogP contribution in [0.1, 0.15) is 54.0 Å². The van der Waals surface area contributed by atoms with E-state index in [4.69, 9.17) is 9.72 Å². The van der Waals surface area contributed by atoms with E-state index in [0.29, 0.717) is 22.5 Å². The normalized spacial score (nSPS) is 16.2. The van der Waals surface area contributed by atoms with Gasteiger partial charge in [0.25, 0.3) is 5.56 Å². The second-order valence-electron chi connectivity index (χ2n) is 8.27. The molecule has 3 heterocycles. The van der Waals surface area contributed by atoms with Gasteiger partial charge in [-0.05, 0) is 42.4 Å². The Hall–Kier alpha value is -3.29. The van der Waals surface area contributed by atoms with Gasteiger partial charge in [-0.3, -0.25) is 14.5 Å². The van der Waals surface area contributed by atoms with Crippen LogP contribution in [0.15, 0.2) is 16.9 Å². The van der Waals surface area contributed by atoms with Crippen molar-refractivity contribution in [3.63, 3.8) is 0 Å². The molecule has 6 nitrogen and oxygen atoms in total. The Labute approximate surface area is 176 Å². The van der Waals surface area contributed by atoms with E-state index in [1.807, 2.05) is 0 Å². The highest BCUT2D eigenvalue weighted by atomic mass is 19.3. The molecule has 0 fully saturated rings. The minimum absolute atomic E-state index is 0.0805. The highest BCUT2D eigenvalue weighted by Crippen LogP contribution is 2.45. The van der Waals surface area contributed by atoms with E-state index in [1.54, 1.807) is 6.92 Å². The molecule has 1 aliphatic heterocycles. The molecule has 0 saturated heterocycles. The molecule has 2 aliphatic rings. The Morgan fingerprint density at radius 2 is 2.10 bits per heavy atom. The first-order chi connectivity index (χ1) is 14.8. The summed E-state index contributed by atoms with van der Waals surface area (Å²) in [6, 6.07) is 2.81. The van der Waals surface area contributed by atoms with Gasteiger partial charge in [0.2, 0.25) is 0 Å². The third kappa shape index (κ3) is 2.77. The first-order valence-corrected chi connectivity index (χ1v) is 10.1. The summed E-state index contributed by atoms with van der Waals surface area (Å²) in [6.45, 7) is 4.98. The molecule has 0 radical (unpaired) electrons. The van der Waals surface area contributed by atoms with E-state index in [0.717, 1.165) is 34.9 Å². The summed E-state index contributed by atoms with van der Waals surface area (Å²) in [6.07, 6.45) is 1.64. The Bertz CT molecular complexity index is 1350. The van der Waals surface area contributed by atoms with Gasteiger partial charge in [0.15, 0.2) is 5.75 Å². The summed E-state index contributed by atoms with van der Waals surface area (Å²) >= 11 is 0. The van der Waals surface area contributed by atoms with Crippen molar-refractivity contribution >= 4 is 16.9 Å². The average molecular weight is 426 g/mol. The monoisotopic (exact) mass is 426 g/mol. The van der Waals surface area contributed by atoms with Crippen LogP contribution in [0.2, 0.25) is 0 Å². The number of fused-ring (bicyclic) bond motifs is 4. The Morgan fingerprint density at radius 1 is 1.32 bits per heavy atom. The van der Waals surface area contributed by atoms with Gasteiger partial charge in [-0.1, -0.05) is 6.92 Å². The topological polar surface area (TPSA) is 70.4 Å². The Balaban J connectivity index is 1.79. The standard InChI is InChI=1S/C23H20F2N2O4/c1-10-4-5-13-11(2)16(24)6-17-21(13)20(10)14-8-27-18(22(14)26-17)7-19(31-25)15(23(27)29)9-30-12(3)28/h6-7,10H,4-5,8-9H2,1-3H3/t10-/m1/s1. The predicted molar refractivity (Wildman–Crippen MR) is 109 cm³/mol. The predicted octanol–water partition coefficient (Wildman–Crippen LogP) is 4.25. The van der Waals surface area contributed by atoms with Crippen LogP contribution in [-0.4, -0.2) is 15.5 Å². The minimum atomic E-state index is -0.589. The number of ether oxygens (including phenoxy) is 1. The van der Waals surface area contributed by atoms with Crippen molar-refractivity contribution in [1.29, 1.82) is 0 Å². The summed E-state index contributed by atoms with van der Waals surface area (Å²) in [4.78, 5) is 32.9. The number of aromatic nitrogens is 2. The first-order valence-electron chi connectivity index (χ1n) is 10.1. The number of benzene rings is 1. The number of carbonyl (C=O) groups is 1. The molecule has 1 atom stereocenters. The van der Waals surface area contributed by atoms with Gasteiger partial charge in [-0.25, -0.2) is 9.37 Å². The van der Waals surface area contributed by atoms with Crippen LogP contribution in [0, 0.1) is 12.7 Å². The zero-order valence-corrected chi connectivity index (χ0v) is 17.3. The van der Waals surface area contributed by atoms with E-state index >= 15 is 0 Å². The lowest BCUT2D eigenvalue weighted by molar-refractivity contribution is -0.142. The second kappa shape index (κ2) is 6.87. The van der Waals surface area contributed by atoms with E-state index in [2.05, 4.69) is 11.9 Å². The average Bonchev–Trinajstić information content (AvgIpc) is 3.10. The fourth-order valence-corrected chi connectivity index (χ4v) is 4.93. The van der Waals surface area contributed by atoms with Crippen molar-refractivity contribution in [2.24, 2.45) is 0 Å². The summed E-state index contributed by atoms with van der Waals surface area (Å²) in [7, 11) is 0. The molecule has 160 valence electrons. The molecule has 8 heteroatoms. The first kappa shape index (κ1) is 19.7. The molecule has 0 spiro atoms. The number of hydrogen-bond acceptors (Lipinski definition) is 5. The third-order valence-electron chi connectivity index (χ3n) is 6.49. The molecular formula is C23H20F2N2O4. The van der Waals surface area contributed by atoms with Crippen molar-refractivity contribution < 1.29 is 23.4 Å². The lowest BCUT2D eigenvalue weighted by atomic mass is 9.79. The van der Waals surface area contributed by atoms with E-state index in [1.165, 1.54) is 23.6 Å². The van der Waals surface area contributed by atoms with Gasteiger partial charge in [0.1, 0.15) is 18.0 Å². The van der Waals surface area contributed by atoms with Gasteiger partial charge in [-0.2, -0.15) is 0 Å². The molecule has 5 rings (SSSR count). The maximum absolute atomic E-state index is 14.6. The number of carbonyl (C=O) groups excluding carboxylic acids is 1. The Morgan fingerprint density at radius 3 is 2.81 bits per heavy atom. The number of halogens is 2. The highest BCUT2D eigenvalue weighted by Gasteiger charge is 2.33. The zero-order valence-electron chi connectivity index (χ0n) is 17.3. The summed E-state index contributed by atoms with van der Waals surface area (Å²) in [5.74, 6) is -1.01. The fourth-order valence-electron chi connectivity index (χ4n) is 4.93. The molecule has 2 aromatic heterocycles. The number of nitrogens with zero attached hydrogens (tertiary/aromatic N) is 2. The van der Waals surface area contributed by atoms with Crippen molar-refractivity contribution in [2.45, 2.75) is 52.7 Å². The quantitative estimate of drug-likeness (QED) is 0.458. The molecule has 31 heavy (non-hydrogen) atoms. The van der Waals surface area contributed by atoms with Crippen LogP contribution in [0.4, 0.5) is 8.92 Å². The van der Waals surface area contributed by atoms with Gasteiger partial charge in [0.05, 0.1) is 23.4 Å². The van der Waals surface area contributed by atoms with Crippen molar-refractivity contribution in [1.82, 2.24) is 9.55 Å². The lowest BCUT2D eigenvalue weighted by Gasteiger charge is -2.26. The summed E-state index contributed by atoms with van der Waals surface area (Å²) in [5, 5.41) is 0.958. The molecule has 1 aliphatic carbocycles. The molecular weight excluding hydrogens is 406 g/mol. The van der Waals surface area contributed by atoms with Gasteiger partial charge in [-0.15, -0.1) is 0 Å². The van der Waals surface area contributed by atoms with E-state index in [9.17, 15) is 18.5 Å². The minimum Gasteiger partial charge on any atom is -0.461 e. The fraction of sp³-hybridized carbons (Fsp3) is 0.348. The molecule has 0 N–H and O–H groups in total. The number of rotatable bonds is 3. The smallest absolute Gasteiger partial charge is 0.302 e. The number of pyridine rings is 2. The SMILES string of the molecule is CC(=O)OCc1c(OF)cc2n(c1=O)Cc1c-2nc2cc(F)c(C)c3c2c1[C@H](C)CC3. The maximum atomic E-state index is 14.6. The molecule has 0 amide bonds. The summed E-state index contributed by atoms with van der Waals surface area (Å²) in [5.41, 5.74) is 4.42. The van der Waals surface area contributed by atoms with Crippen LogP contribution < -0.4 is 10.5 Å². The van der Waals surface area contributed by atoms with Gasteiger partial charge in [0, 0.05) is 34.5 Å².